The highest BCUT2D eigenvalue weighted by molar-refractivity contribution is 5.70. The van der Waals surface area contributed by atoms with Crippen LogP contribution >= 0.6 is 0 Å². The second-order valence-electron chi connectivity index (χ2n) is 4.47. The average Bonchev–Trinajstić information content (AvgIpc) is 2.90. The number of nitrogens with one attached hydrogen (secondary N) is 1. The van der Waals surface area contributed by atoms with E-state index >= 15 is 0 Å². The summed E-state index contributed by atoms with van der Waals surface area (Å²) in [5, 5.41) is 12.2. The fraction of sp³-hybridized carbons (Fsp3) is 0.900. The zero-order valence-corrected chi connectivity index (χ0v) is 8.57. The van der Waals surface area contributed by atoms with Crippen molar-refractivity contribution in [1.82, 2.24) is 10.2 Å². The van der Waals surface area contributed by atoms with E-state index in [-0.39, 0.29) is 5.92 Å². The lowest BCUT2D eigenvalue weighted by molar-refractivity contribution is -0.142. The molecule has 1 saturated heterocycles. The fourth-order valence-electron chi connectivity index (χ4n) is 2.16. The van der Waals surface area contributed by atoms with Crippen molar-refractivity contribution in [3.8, 4) is 0 Å². The van der Waals surface area contributed by atoms with E-state index in [4.69, 9.17) is 5.11 Å². The number of rotatable bonds is 2. The van der Waals surface area contributed by atoms with Gasteiger partial charge < -0.3 is 10.4 Å². The van der Waals surface area contributed by atoms with Gasteiger partial charge in [-0.1, -0.05) is 0 Å². The van der Waals surface area contributed by atoms with Gasteiger partial charge in [-0.05, 0) is 19.8 Å². The Morgan fingerprint density at radius 3 is 2.71 bits per heavy atom. The molecule has 2 aliphatic rings. The Kier molecular flexibility index (Phi) is 2.74. The Balaban J connectivity index is 2.01. The third-order valence-corrected chi connectivity index (χ3v) is 3.19. The van der Waals surface area contributed by atoms with Gasteiger partial charge in [0.1, 0.15) is 0 Å². The van der Waals surface area contributed by atoms with E-state index in [0.29, 0.717) is 25.2 Å². The fourth-order valence-corrected chi connectivity index (χ4v) is 2.16. The molecule has 1 aliphatic carbocycles. The Labute approximate surface area is 84.3 Å². The van der Waals surface area contributed by atoms with Crippen LogP contribution in [-0.2, 0) is 4.79 Å². The largest absolute Gasteiger partial charge is 0.481 e. The molecule has 2 rings (SSSR count). The maximum atomic E-state index is 10.9. The maximum Gasteiger partial charge on any atom is 0.309 e. The van der Waals surface area contributed by atoms with E-state index in [9.17, 15) is 4.79 Å². The molecule has 80 valence electrons. The lowest BCUT2D eigenvalue weighted by Gasteiger charge is -2.27. The van der Waals surface area contributed by atoms with Gasteiger partial charge in [0.25, 0.3) is 0 Å². The highest BCUT2D eigenvalue weighted by atomic mass is 16.4. The van der Waals surface area contributed by atoms with Crippen LogP contribution in [0.4, 0.5) is 0 Å². The van der Waals surface area contributed by atoms with Crippen molar-refractivity contribution in [2.75, 3.05) is 19.6 Å². The van der Waals surface area contributed by atoms with Crippen LogP contribution in [0.15, 0.2) is 0 Å². The normalized spacial score (nSPS) is 35.2. The second kappa shape index (κ2) is 3.87. The molecule has 4 heteroatoms. The monoisotopic (exact) mass is 198 g/mol. The van der Waals surface area contributed by atoms with Gasteiger partial charge >= 0.3 is 5.97 Å². The van der Waals surface area contributed by atoms with Crippen LogP contribution in [-0.4, -0.2) is 47.7 Å². The van der Waals surface area contributed by atoms with Crippen molar-refractivity contribution in [1.29, 1.82) is 0 Å². The van der Waals surface area contributed by atoms with Crippen LogP contribution < -0.4 is 5.32 Å². The van der Waals surface area contributed by atoms with E-state index in [1.54, 1.807) is 0 Å². The molecule has 2 N–H and O–H groups in total. The van der Waals surface area contributed by atoms with Gasteiger partial charge in [-0.3, -0.25) is 9.69 Å². The SMILES string of the molecule is CC1CNCC(C(=O)O)CN1C1CC1. The van der Waals surface area contributed by atoms with Gasteiger partial charge in [0.2, 0.25) is 0 Å². The topological polar surface area (TPSA) is 52.6 Å². The van der Waals surface area contributed by atoms with E-state index in [1.807, 2.05) is 0 Å². The van der Waals surface area contributed by atoms with Gasteiger partial charge in [-0.2, -0.15) is 0 Å². The van der Waals surface area contributed by atoms with Gasteiger partial charge in [0.05, 0.1) is 5.92 Å². The third kappa shape index (κ3) is 2.07. The van der Waals surface area contributed by atoms with Gasteiger partial charge in [0.15, 0.2) is 0 Å². The van der Waals surface area contributed by atoms with Crippen LogP contribution in [0.5, 0.6) is 0 Å². The number of carboxylic acids is 1. The Morgan fingerprint density at radius 1 is 1.43 bits per heavy atom. The zero-order chi connectivity index (χ0) is 10.1. The summed E-state index contributed by atoms with van der Waals surface area (Å²) in [6.45, 7) is 4.42. The quantitative estimate of drug-likeness (QED) is 0.663. The molecule has 0 aromatic rings. The van der Waals surface area contributed by atoms with Crippen molar-refractivity contribution in [2.24, 2.45) is 5.92 Å². The summed E-state index contributed by atoms with van der Waals surface area (Å²) in [6.07, 6.45) is 2.49. The molecular formula is C10H18N2O2. The number of carbonyl (C=O) groups is 1. The molecule has 0 amide bonds. The van der Waals surface area contributed by atoms with E-state index in [0.717, 1.165) is 6.54 Å². The molecule has 2 fully saturated rings. The Hall–Kier alpha value is -0.610. The predicted octanol–water partition coefficient (Wildman–Crippen LogP) is 0.143. The minimum Gasteiger partial charge on any atom is -0.481 e. The first-order valence-electron chi connectivity index (χ1n) is 5.37. The maximum absolute atomic E-state index is 10.9. The minimum absolute atomic E-state index is 0.236. The van der Waals surface area contributed by atoms with Crippen LogP contribution in [0.2, 0.25) is 0 Å². The van der Waals surface area contributed by atoms with Crippen molar-refractivity contribution in [3.05, 3.63) is 0 Å². The van der Waals surface area contributed by atoms with Crippen molar-refractivity contribution < 1.29 is 9.90 Å². The minimum atomic E-state index is -0.669. The van der Waals surface area contributed by atoms with Crippen molar-refractivity contribution >= 4 is 5.97 Å². The van der Waals surface area contributed by atoms with E-state index in [1.165, 1.54) is 12.8 Å². The van der Waals surface area contributed by atoms with Crippen LogP contribution in [0.1, 0.15) is 19.8 Å². The van der Waals surface area contributed by atoms with E-state index in [2.05, 4.69) is 17.1 Å². The molecule has 0 bridgehead atoms. The predicted molar refractivity (Wildman–Crippen MR) is 53.2 cm³/mol. The van der Waals surface area contributed by atoms with Crippen molar-refractivity contribution in [2.45, 2.75) is 31.8 Å². The van der Waals surface area contributed by atoms with Crippen LogP contribution in [0.3, 0.4) is 0 Å². The number of aliphatic carboxylic acids is 1. The van der Waals surface area contributed by atoms with Crippen LogP contribution in [0.25, 0.3) is 0 Å². The molecule has 0 spiro atoms. The smallest absolute Gasteiger partial charge is 0.309 e. The number of nitrogens with zero attached hydrogens (tertiary/aromatic N) is 1. The van der Waals surface area contributed by atoms with Gasteiger partial charge in [-0.15, -0.1) is 0 Å². The van der Waals surface area contributed by atoms with Crippen LogP contribution in [0, 0.1) is 5.92 Å². The molecule has 1 heterocycles. The lowest BCUT2D eigenvalue weighted by Crippen LogP contribution is -2.40. The highest BCUT2D eigenvalue weighted by Crippen LogP contribution is 2.29. The molecule has 1 saturated carbocycles. The third-order valence-electron chi connectivity index (χ3n) is 3.19. The second-order valence-corrected chi connectivity index (χ2v) is 4.47. The molecular weight excluding hydrogens is 180 g/mol. The molecule has 1 aliphatic heterocycles. The summed E-state index contributed by atoms with van der Waals surface area (Å²) in [7, 11) is 0. The number of hydrogen-bond acceptors (Lipinski definition) is 3. The average molecular weight is 198 g/mol. The first-order valence-corrected chi connectivity index (χ1v) is 5.37. The first-order chi connectivity index (χ1) is 6.68. The molecule has 14 heavy (non-hydrogen) atoms. The summed E-state index contributed by atoms with van der Waals surface area (Å²) in [6, 6.07) is 1.14. The summed E-state index contributed by atoms with van der Waals surface area (Å²) in [5.74, 6) is -0.905. The molecule has 0 aromatic heterocycles. The molecule has 2 unspecified atom stereocenters. The van der Waals surface area contributed by atoms with Crippen molar-refractivity contribution in [3.63, 3.8) is 0 Å². The van der Waals surface area contributed by atoms with Gasteiger partial charge in [0, 0.05) is 31.7 Å². The lowest BCUT2D eigenvalue weighted by atomic mass is 10.1. The number of hydrogen-bond donors (Lipinski definition) is 2. The van der Waals surface area contributed by atoms with Gasteiger partial charge in [-0.25, -0.2) is 0 Å². The summed E-state index contributed by atoms with van der Waals surface area (Å²) >= 11 is 0. The number of carboxylic acid groups (broad SMARTS) is 1. The summed E-state index contributed by atoms with van der Waals surface area (Å²) < 4.78 is 0. The summed E-state index contributed by atoms with van der Waals surface area (Å²) in [5.41, 5.74) is 0. The Bertz CT molecular complexity index is 228. The summed E-state index contributed by atoms with van der Waals surface area (Å²) in [4.78, 5) is 13.3. The Morgan fingerprint density at radius 2 is 2.14 bits per heavy atom. The zero-order valence-electron chi connectivity index (χ0n) is 8.57. The molecule has 0 radical (unpaired) electrons. The standard InChI is InChI=1S/C10H18N2O2/c1-7-4-11-5-8(10(13)14)6-12(7)9-2-3-9/h7-9,11H,2-6H2,1H3,(H,13,14). The van der Waals surface area contributed by atoms with E-state index < -0.39 is 5.97 Å². The highest BCUT2D eigenvalue weighted by Gasteiger charge is 2.36. The molecule has 0 aromatic carbocycles. The molecule has 4 nitrogen and oxygen atoms in total. The molecule has 2 atom stereocenters. The first kappa shape index (κ1) is 9.93.